The normalized spacial score (nSPS) is 20.8. The molecular weight excluding hydrogens is 285 g/mol. The standard InChI is InChI=1S/C13H25F3N4O/c1-3-21-8-4-6-18-12(17-2)19-11-5-7-20(9-11)10-13(14,15)16/h11H,3-10H2,1-2H3,(H2,17,18,19). The highest BCUT2D eigenvalue weighted by Crippen LogP contribution is 2.19. The van der Waals surface area contributed by atoms with Crippen LogP contribution in [0.3, 0.4) is 0 Å². The zero-order valence-corrected chi connectivity index (χ0v) is 12.7. The first-order chi connectivity index (χ1) is 9.94. The van der Waals surface area contributed by atoms with E-state index in [4.69, 9.17) is 4.74 Å². The number of alkyl halides is 3. The first kappa shape index (κ1) is 18.0. The Bertz CT molecular complexity index is 323. The molecule has 5 nitrogen and oxygen atoms in total. The van der Waals surface area contributed by atoms with Crippen LogP contribution in [0.4, 0.5) is 13.2 Å². The van der Waals surface area contributed by atoms with Crippen LogP contribution in [-0.2, 0) is 4.74 Å². The molecule has 0 aromatic carbocycles. The van der Waals surface area contributed by atoms with Crippen molar-refractivity contribution in [1.82, 2.24) is 15.5 Å². The summed E-state index contributed by atoms with van der Waals surface area (Å²) in [6.45, 7) is 4.05. The van der Waals surface area contributed by atoms with E-state index in [-0.39, 0.29) is 6.04 Å². The molecule has 1 aliphatic heterocycles. The highest BCUT2D eigenvalue weighted by atomic mass is 19.4. The number of guanidine groups is 1. The predicted molar refractivity (Wildman–Crippen MR) is 76.5 cm³/mol. The molecule has 1 rings (SSSR count). The minimum Gasteiger partial charge on any atom is -0.382 e. The lowest BCUT2D eigenvalue weighted by Gasteiger charge is -2.19. The summed E-state index contributed by atoms with van der Waals surface area (Å²) in [5.41, 5.74) is 0. The largest absolute Gasteiger partial charge is 0.401 e. The van der Waals surface area contributed by atoms with Gasteiger partial charge in [-0.3, -0.25) is 9.89 Å². The fourth-order valence-corrected chi connectivity index (χ4v) is 2.26. The van der Waals surface area contributed by atoms with E-state index in [9.17, 15) is 13.2 Å². The van der Waals surface area contributed by atoms with Gasteiger partial charge < -0.3 is 15.4 Å². The smallest absolute Gasteiger partial charge is 0.382 e. The van der Waals surface area contributed by atoms with Crippen LogP contribution in [0.2, 0.25) is 0 Å². The number of likely N-dealkylation sites (tertiary alicyclic amines) is 1. The van der Waals surface area contributed by atoms with Crippen molar-refractivity contribution in [1.29, 1.82) is 0 Å². The van der Waals surface area contributed by atoms with E-state index in [1.165, 1.54) is 4.90 Å². The molecule has 0 spiro atoms. The highest BCUT2D eigenvalue weighted by molar-refractivity contribution is 5.79. The van der Waals surface area contributed by atoms with Gasteiger partial charge in [-0.1, -0.05) is 0 Å². The summed E-state index contributed by atoms with van der Waals surface area (Å²) in [7, 11) is 1.65. The lowest BCUT2D eigenvalue weighted by Crippen LogP contribution is -2.45. The summed E-state index contributed by atoms with van der Waals surface area (Å²) in [6.07, 6.45) is -2.58. The maximum atomic E-state index is 12.3. The van der Waals surface area contributed by atoms with Crippen molar-refractivity contribution in [2.45, 2.75) is 32.0 Å². The van der Waals surface area contributed by atoms with Gasteiger partial charge in [0.05, 0.1) is 6.54 Å². The lowest BCUT2D eigenvalue weighted by molar-refractivity contribution is -0.143. The Morgan fingerprint density at radius 1 is 1.43 bits per heavy atom. The Hall–Kier alpha value is -1.02. The van der Waals surface area contributed by atoms with Gasteiger partial charge in [0, 0.05) is 45.9 Å². The second-order valence-corrected chi connectivity index (χ2v) is 5.03. The van der Waals surface area contributed by atoms with Crippen molar-refractivity contribution in [3.05, 3.63) is 0 Å². The van der Waals surface area contributed by atoms with Crippen molar-refractivity contribution < 1.29 is 17.9 Å². The molecule has 1 fully saturated rings. The average Bonchev–Trinajstić information content (AvgIpc) is 2.82. The van der Waals surface area contributed by atoms with Gasteiger partial charge in [-0.05, 0) is 19.8 Å². The van der Waals surface area contributed by atoms with E-state index in [1.807, 2.05) is 6.92 Å². The second-order valence-electron chi connectivity index (χ2n) is 5.03. The Kier molecular flexibility index (Phi) is 7.81. The Morgan fingerprint density at radius 3 is 2.81 bits per heavy atom. The molecule has 1 atom stereocenters. The van der Waals surface area contributed by atoms with E-state index in [0.29, 0.717) is 38.7 Å². The van der Waals surface area contributed by atoms with Gasteiger partial charge >= 0.3 is 6.18 Å². The quantitative estimate of drug-likeness (QED) is 0.422. The molecule has 0 aromatic rings. The number of ether oxygens (including phenoxy) is 1. The number of hydrogen-bond donors (Lipinski definition) is 2. The molecule has 1 unspecified atom stereocenters. The molecule has 0 amide bonds. The number of nitrogens with one attached hydrogen (secondary N) is 2. The van der Waals surface area contributed by atoms with Crippen LogP contribution in [0.15, 0.2) is 4.99 Å². The molecule has 0 saturated carbocycles. The summed E-state index contributed by atoms with van der Waals surface area (Å²) in [6, 6.07) is 0.00504. The number of hydrogen-bond acceptors (Lipinski definition) is 3. The van der Waals surface area contributed by atoms with Crippen molar-refractivity contribution in [3.8, 4) is 0 Å². The highest BCUT2D eigenvalue weighted by Gasteiger charge is 2.34. The minimum atomic E-state index is -4.13. The first-order valence-electron chi connectivity index (χ1n) is 7.28. The lowest BCUT2D eigenvalue weighted by atomic mass is 10.3. The molecule has 1 heterocycles. The molecule has 0 radical (unpaired) electrons. The zero-order chi connectivity index (χ0) is 15.7. The van der Waals surface area contributed by atoms with E-state index in [1.54, 1.807) is 7.05 Å². The SMILES string of the molecule is CCOCCCNC(=NC)NC1CCN(CC(F)(F)F)C1. The summed E-state index contributed by atoms with van der Waals surface area (Å²) in [4.78, 5) is 5.50. The molecule has 1 aliphatic rings. The van der Waals surface area contributed by atoms with Gasteiger partial charge in [0.25, 0.3) is 0 Å². The van der Waals surface area contributed by atoms with Gasteiger partial charge in [-0.15, -0.1) is 0 Å². The van der Waals surface area contributed by atoms with Gasteiger partial charge in [-0.2, -0.15) is 13.2 Å². The second kappa shape index (κ2) is 9.09. The molecule has 0 aromatic heterocycles. The van der Waals surface area contributed by atoms with Crippen LogP contribution in [0.25, 0.3) is 0 Å². The maximum absolute atomic E-state index is 12.3. The molecular formula is C13H25F3N4O. The fraction of sp³-hybridized carbons (Fsp3) is 0.923. The van der Waals surface area contributed by atoms with E-state index in [0.717, 1.165) is 13.0 Å². The summed E-state index contributed by atoms with van der Waals surface area (Å²) in [5, 5.41) is 6.30. The summed E-state index contributed by atoms with van der Waals surface area (Å²) >= 11 is 0. The molecule has 1 saturated heterocycles. The molecule has 8 heteroatoms. The Balaban J connectivity index is 2.22. The van der Waals surface area contributed by atoms with Gasteiger partial charge in [0.15, 0.2) is 5.96 Å². The average molecular weight is 310 g/mol. The third-order valence-corrected chi connectivity index (χ3v) is 3.20. The third kappa shape index (κ3) is 8.11. The monoisotopic (exact) mass is 310 g/mol. The molecule has 0 bridgehead atoms. The minimum absolute atomic E-state index is 0.00504. The predicted octanol–water partition coefficient (Wildman–Crippen LogP) is 1.21. The summed E-state index contributed by atoms with van der Waals surface area (Å²) < 4.78 is 42.2. The number of halogens is 3. The first-order valence-corrected chi connectivity index (χ1v) is 7.28. The number of nitrogens with zero attached hydrogens (tertiary/aromatic N) is 2. The van der Waals surface area contributed by atoms with Gasteiger partial charge in [0.2, 0.25) is 0 Å². The van der Waals surface area contributed by atoms with Crippen molar-refractivity contribution in [2.24, 2.45) is 4.99 Å². The molecule has 21 heavy (non-hydrogen) atoms. The maximum Gasteiger partial charge on any atom is 0.401 e. The third-order valence-electron chi connectivity index (χ3n) is 3.20. The van der Waals surface area contributed by atoms with Crippen LogP contribution < -0.4 is 10.6 Å². The Morgan fingerprint density at radius 2 is 2.19 bits per heavy atom. The number of aliphatic imine (C=N–C) groups is 1. The van der Waals surface area contributed by atoms with E-state index >= 15 is 0 Å². The van der Waals surface area contributed by atoms with Crippen molar-refractivity contribution >= 4 is 5.96 Å². The van der Waals surface area contributed by atoms with E-state index < -0.39 is 12.7 Å². The molecule has 2 N–H and O–H groups in total. The van der Waals surface area contributed by atoms with Gasteiger partial charge in [0.1, 0.15) is 0 Å². The van der Waals surface area contributed by atoms with Crippen LogP contribution >= 0.6 is 0 Å². The van der Waals surface area contributed by atoms with Crippen molar-refractivity contribution in [3.63, 3.8) is 0 Å². The van der Waals surface area contributed by atoms with Crippen LogP contribution in [0, 0.1) is 0 Å². The zero-order valence-electron chi connectivity index (χ0n) is 12.7. The van der Waals surface area contributed by atoms with Crippen LogP contribution in [0.5, 0.6) is 0 Å². The van der Waals surface area contributed by atoms with Gasteiger partial charge in [-0.25, -0.2) is 0 Å². The topological polar surface area (TPSA) is 48.9 Å². The number of rotatable bonds is 7. The Labute approximate surface area is 123 Å². The van der Waals surface area contributed by atoms with Crippen LogP contribution in [-0.4, -0.2) is 69.5 Å². The molecule has 0 aliphatic carbocycles. The molecule has 124 valence electrons. The van der Waals surface area contributed by atoms with Crippen molar-refractivity contribution in [2.75, 3.05) is 46.4 Å². The van der Waals surface area contributed by atoms with E-state index in [2.05, 4.69) is 15.6 Å². The van der Waals surface area contributed by atoms with Crippen LogP contribution in [0.1, 0.15) is 19.8 Å². The summed E-state index contributed by atoms with van der Waals surface area (Å²) in [5.74, 6) is 0.630. The fourth-order valence-electron chi connectivity index (χ4n) is 2.26.